The summed E-state index contributed by atoms with van der Waals surface area (Å²) in [7, 11) is 1.61. The van der Waals surface area contributed by atoms with Gasteiger partial charge in [-0.25, -0.2) is 0 Å². The Morgan fingerprint density at radius 2 is 2.24 bits per heavy atom. The van der Waals surface area contributed by atoms with E-state index in [9.17, 15) is 9.59 Å². The summed E-state index contributed by atoms with van der Waals surface area (Å²) in [6.07, 6.45) is 3.35. The summed E-state index contributed by atoms with van der Waals surface area (Å²) < 4.78 is 0. The minimum Gasteiger partial charge on any atom is -0.481 e. The molecule has 0 bridgehead atoms. The van der Waals surface area contributed by atoms with E-state index in [1.807, 2.05) is 0 Å². The van der Waals surface area contributed by atoms with E-state index >= 15 is 0 Å². The Labute approximate surface area is 104 Å². The second-order valence-corrected chi connectivity index (χ2v) is 3.99. The maximum Gasteiger partial charge on any atom is 0.303 e. The molecule has 0 saturated carbocycles. The number of aliphatic carboxylic acids is 1. The number of carbonyl (C=O) groups is 2. The molecule has 0 saturated heterocycles. The number of halogens is 1. The number of pyridine rings is 1. The van der Waals surface area contributed by atoms with Gasteiger partial charge in [0.2, 0.25) is 0 Å². The van der Waals surface area contributed by atoms with Crippen LogP contribution in [0.25, 0.3) is 0 Å². The highest BCUT2D eigenvalue weighted by Crippen LogP contribution is 2.15. The lowest BCUT2D eigenvalue weighted by molar-refractivity contribution is -0.137. The van der Waals surface area contributed by atoms with Gasteiger partial charge in [-0.3, -0.25) is 14.6 Å². The van der Waals surface area contributed by atoms with Gasteiger partial charge in [-0.2, -0.15) is 0 Å². The molecule has 0 unspecified atom stereocenters. The molecule has 1 N–H and O–H groups in total. The molecule has 92 valence electrons. The largest absolute Gasteiger partial charge is 0.481 e. The number of carbonyl (C=O) groups excluding carboxylic acids is 1. The summed E-state index contributed by atoms with van der Waals surface area (Å²) in [6.45, 7) is 0.379. The van der Waals surface area contributed by atoms with Crippen LogP contribution in [0.15, 0.2) is 18.5 Å². The van der Waals surface area contributed by atoms with Gasteiger partial charge in [-0.1, -0.05) is 11.6 Å². The van der Waals surface area contributed by atoms with Crippen LogP contribution in [0, 0.1) is 0 Å². The van der Waals surface area contributed by atoms with Crippen LogP contribution in [0.2, 0.25) is 5.02 Å². The lowest BCUT2D eigenvalue weighted by Gasteiger charge is -2.17. The standard InChI is InChI=1S/C11H13ClN2O3/c1-14(6-2-3-10(15)16)11(17)8-4-5-13-7-9(8)12/h4-5,7H,2-3,6H2,1H3,(H,15,16). The average Bonchev–Trinajstić information content (AvgIpc) is 2.28. The van der Waals surface area contributed by atoms with Crippen molar-refractivity contribution in [3.8, 4) is 0 Å². The molecule has 1 aromatic heterocycles. The summed E-state index contributed by atoms with van der Waals surface area (Å²) in [5, 5.41) is 8.79. The van der Waals surface area contributed by atoms with Crippen LogP contribution in [-0.4, -0.2) is 40.5 Å². The van der Waals surface area contributed by atoms with Crippen LogP contribution in [0.3, 0.4) is 0 Å². The number of nitrogens with zero attached hydrogens (tertiary/aromatic N) is 2. The first-order valence-corrected chi connectivity index (χ1v) is 5.47. The minimum absolute atomic E-state index is 0.0434. The third-order valence-electron chi connectivity index (χ3n) is 2.23. The molecule has 0 radical (unpaired) electrons. The quantitative estimate of drug-likeness (QED) is 0.870. The van der Waals surface area contributed by atoms with Crippen LogP contribution in [0.5, 0.6) is 0 Å². The smallest absolute Gasteiger partial charge is 0.303 e. The highest BCUT2D eigenvalue weighted by Gasteiger charge is 2.14. The monoisotopic (exact) mass is 256 g/mol. The van der Waals surface area contributed by atoms with Crippen LogP contribution >= 0.6 is 11.6 Å². The third kappa shape index (κ3) is 4.03. The van der Waals surface area contributed by atoms with Crippen molar-refractivity contribution >= 4 is 23.5 Å². The molecule has 17 heavy (non-hydrogen) atoms. The Kier molecular flexibility index (Phi) is 4.90. The molecule has 0 aliphatic rings. The Hall–Kier alpha value is -1.62. The maximum atomic E-state index is 11.9. The molecule has 0 spiro atoms. The molecule has 0 aromatic carbocycles. The normalized spacial score (nSPS) is 10.0. The zero-order valence-electron chi connectivity index (χ0n) is 9.39. The predicted molar refractivity (Wildman–Crippen MR) is 63.1 cm³/mol. The Morgan fingerprint density at radius 1 is 1.53 bits per heavy atom. The fraction of sp³-hybridized carbons (Fsp3) is 0.364. The predicted octanol–water partition coefficient (Wildman–Crippen LogP) is 1.67. The molecule has 0 aliphatic carbocycles. The zero-order valence-corrected chi connectivity index (χ0v) is 10.1. The summed E-state index contributed by atoms with van der Waals surface area (Å²) in [6, 6.07) is 1.54. The summed E-state index contributed by atoms with van der Waals surface area (Å²) in [5.74, 6) is -1.10. The van der Waals surface area contributed by atoms with E-state index in [-0.39, 0.29) is 12.3 Å². The van der Waals surface area contributed by atoms with Crippen molar-refractivity contribution in [2.75, 3.05) is 13.6 Å². The molecule has 6 heteroatoms. The number of hydrogen-bond acceptors (Lipinski definition) is 3. The molecule has 0 fully saturated rings. The topological polar surface area (TPSA) is 70.5 Å². The van der Waals surface area contributed by atoms with Gasteiger partial charge in [0, 0.05) is 32.4 Å². The molecule has 0 aliphatic heterocycles. The van der Waals surface area contributed by atoms with Crippen molar-refractivity contribution in [1.82, 2.24) is 9.88 Å². The molecular formula is C11H13ClN2O3. The van der Waals surface area contributed by atoms with E-state index in [2.05, 4.69) is 4.98 Å². The van der Waals surface area contributed by atoms with E-state index in [4.69, 9.17) is 16.7 Å². The first-order valence-electron chi connectivity index (χ1n) is 5.09. The Morgan fingerprint density at radius 3 is 2.82 bits per heavy atom. The Balaban J connectivity index is 2.58. The minimum atomic E-state index is -0.868. The van der Waals surface area contributed by atoms with Crippen molar-refractivity contribution in [3.05, 3.63) is 29.0 Å². The molecule has 1 heterocycles. The van der Waals surface area contributed by atoms with Crippen molar-refractivity contribution in [2.45, 2.75) is 12.8 Å². The first kappa shape index (κ1) is 13.4. The molecule has 5 nitrogen and oxygen atoms in total. The maximum absolute atomic E-state index is 11.9. The van der Waals surface area contributed by atoms with Crippen molar-refractivity contribution < 1.29 is 14.7 Å². The summed E-state index contributed by atoms with van der Waals surface area (Å²) in [5.41, 5.74) is 0.375. The van der Waals surface area contributed by atoms with Crippen LogP contribution in [0.1, 0.15) is 23.2 Å². The molecule has 1 aromatic rings. The molecule has 0 atom stereocenters. The average molecular weight is 257 g/mol. The lowest BCUT2D eigenvalue weighted by atomic mass is 10.2. The van der Waals surface area contributed by atoms with Crippen LogP contribution in [0.4, 0.5) is 0 Å². The van der Waals surface area contributed by atoms with Gasteiger partial charge < -0.3 is 10.0 Å². The van der Waals surface area contributed by atoms with E-state index in [0.29, 0.717) is 23.6 Å². The number of hydrogen-bond donors (Lipinski definition) is 1. The van der Waals surface area contributed by atoms with E-state index < -0.39 is 5.97 Å². The highest BCUT2D eigenvalue weighted by molar-refractivity contribution is 6.33. The van der Waals surface area contributed by atoms with Gasteiger partial charge in [0.15, 0.2) is 0 Å². The fourth-order valence-corrected chi connectivity index (χ4v) is 1.52. The third-order valence-corrected chi connectivity index (χ3v) is 2.53. The van der Waals surface area contributed by atoms with Gasteiger partial charge in [-0.05, 0) is 12.5 Å². The highest BCUT2D eigenvalue weighted by atomic mass is 35.5. The lowest BCUT2D eigenvalue weighted by Crippen LogP contribution is -2.28. The van der Waals surface area contributed by atoms with Crippen molar-refractivity contribution in [3.63, 3.8) is 0 Å². The van der Waals surface area contributed by atoms with Crippen LogP contribution < -0.4 is 0 Å². The van der Waals surface area contributed by atoms with E-state index in [0.717, 1.165) is 0 Å². The number of carboxylic acid groups (broad SMARTS) is 1. The van der Waals surface area contributed by atoms with Gasteiger partial charge in [0.05, 0.1) is 10.6 Å². The zero-order chi connectivity index (χ0) is 12.8. The Bertz CT molecular complexity index is 423. The molecule has 1 amide bonds. The molecule has 1 rings (SSSR count). The summed E-state index contributed by atoms with van der Waals surface area (Å²) in [4.78, 5) is 27.5. The first-order chi connectivity index (χ1) is 8.02. The second-order valence-electron chi connectivity index (χ2n) is 3.58. The van der Waals surface area contributed by atoms with E-state index in [1.165, 1.54) is 17.3 Å². The number of amides is 1. The van der Waals surface area contributed by atoms with E-state index in [1.54, 1.807) is 13.1 Å². The van der Waals surface area contributed by atoms with Crippen molar-refractivity contribution in [1.29, 1.82) is 0 Å². The van der Waals surface area contributed by atoms with Gasteiger partial charge in [0.1, 0.15) is 0 Å². The second kappa shape index (κ2) is 6.20. The van der Waals surface area contributed by atoms with Gasteiger partial charge in [-0.15, -0.1) is 0 Å². The van der Waals surface area contributed by atoms with Gasteiger partial charge >= 0.3 is 5.97 Å². The van der Waals surface area contributed by atoms with Gasteiger partial charge in [0.25, 0.3) is 5.91 Å². The summed E-state index contributed by atoms with van der Waals surface area (Å²) >= 11 is 5.84. The van der Waals surface area contributed by atoms with Crippen LogP contribution in [-0.2, 0) is 4.79 Å². The number of aromatic nitrogens is 1. The van der Waals surface area contributed by atoms with Crippen molar-refractivity contribution in [2.24, 2.45) is 0 Å². The fourth-order valence-electron chi connectivity index (χ4n) is 1.32. The number of carboxylic acids is 1. The number of rotatable bonds is 5. The molecular weight excluding hydrogens is 244 g/mol. The SMILES string of the molecule is CN(CCCC(=O)O)C(=O)c1ccncc1Cl.